The van der Waals surface area contributed by atoms with Crippen LogP contribution in [-0.2, 0) is 6.42 Å². The highest BCUT2D eigenvalue weighted by molar-refractivity contribution is 5.48. The summed E-state index contributed by atoms with van der Waals surface area (Å²) < 4.78 is 28.9. The molecular weight excluding hydrogens is 378 g/mol. The van der Waals surface area contributed by atoms with Gasteiger partial charge in [0.05, 0.1) is 0 Å². The third-order valence-corrected chi connectivity index (χ3v) is 6.81. The number of hydrogen-bond donors (Lipinski definition) is 0. The topological polar surface area (TPSA) is 9.23 Å². The van der Waals surface area contributed by atoms with E-state index in [9.17, 15) is 8.78 Å². The summed E-state index contributed by atoms with van der Waals surface area (Å²) in [5, 5.41) is 0. The van der Waals surface area contributed by atoms with E-state index in [-0.39, 0.29) is 5.75 Å². The monoisotopic (exact) mass is 408 g/mol. The van der Waals surface area contributed by atoms with Crippen LogP contribution in [0.4, 0.5) is 8.78 Å². The van der Waals surface area contributed by atoms with Crippen molar-refractivity contribution in [2.45, 2.75) is 70.8 Å². The molecule has 0 heterocycles. The molecule has 0 aliphatic heterocycles. The SMILES string of the molecule is CCCCC1CCC2c3ccc(C#Cc4ccc(OC(F)F)cc4)cc3CCC2C1. The molecule has 2 aromatic rings. The van der Waals surface area contributed by atoms with Gasteiger partial charge in [0.2, 0.25) is 0 Å². The molecule has 30 heavy (non-hydrogen) atoms. The van der Waals surface area contributed by atoms with Crippen molar-refractivity contribution in [2.75, 3.05) is 0 Å². The van der Waals surface area contributed by atoms with E-state index in [0.29, 0.717) is 0 Å². The van der Waals surface area contributed by atoms with Gasteiger partial charge in [0.1, 0.15) is 5.75 Å². The minimum atomic E-state index is -2.80. The molecule has 3 unspecified atom stereocenters. The highest BCUT2D eigenvalue weighted by atomic mass is 19.3. The van der Waals surface area contributed by atoms with Crippen LogP contribution in [0.2, 0.25) is 0 Å². The van der Waals surface area contributed by atoms with Crippen molar-refractivity contribution in [3.63, 3.8) is 0 Å². The van der Waals surface area contributed by atoms with Gasteiger partial charge in [-0.05, 0) is 97.4 Å². The number of halogens is 2. The second-order valence-electron chi connectivity index (χ2n) is 8.79. The fourth-order valence-corrected chi connectivity index (χ4v) is 5.31. The Bertz CT molecular complexity index is 907. The van der Waals surface area contributed by atoms with Crippen molar-refractivity contribution < 1.29 is 13.5 Å². The zero-order valence-electron chi connectivity index (χ0n) is 17.7. The molecule has 0 spiro atoms. The van der Waals surface area contributed by atoms with Gasteiger partial charge in [0, 0.05) is 11.1 Å². The third-order valence-electron chi connectivity index (χ3n) is 6.81. The summed E-state index contributed by atoms with van der Waals surface area (Å²) in [6.07, 6.45) is 10.7. The highest BCUT2D eigenvalue weighted by Gasteiger charge is 2.34. The van der Waals surface area contributed by atoms with Crippen LogP contribution < -0.4 is 4.74 Å². The number of alkyl halides is 2. The fraction of sp³-hybridized carbons (Fsp3) is 0.481. The third kappa shape index (κ3) is 5.04. The second kappa shape index (κ2) is 9.65. The van der Waals surface area contributed by atoms with Gasteiger partial charge in [-0.25, -0.2) is 0 Å². The van der Waals surface area contributed by atoms with Crippen LogP contribution in [0.1, 0.15) is 80.0 Å². The molecule has 0 bridgehead atoms. The summed E-state index contributed by atoms with van der Waals surface area (Å²) in [4.78, 5) is 0. The molecule has 3 atom stereocenters. The molecule has 2 aliphatic carbocycles. The largest absolute Gasteiger partial charge is 0.435 e. The highest BCUT2D eigenvalue weighted by Crippen LogP contribution is 2.47. The minimum absolute atomic E-state index is 0.156. The van der Waals surface area contributed by atoms with Crippen LogP contribution in [-0.4, -0.2) is 6.61 Å². The molecule has 158 valence electrons. The van der Waals surface area contributed by atoms with Crippen LogP contribution in [0.3, 0.4) is 0 Å². The average Bonchev–Trinajstić information content (AvgIpc) is 2.76. The number of rotatable bonds is 5. The maximum Gasteiger partial charge on any atom is 0.387 e. The van der Waals surface area contributed by atoms with Crippen LogP contribution >= 0.6 is 0 Å². The lowest BCUT2D eigenvalue weighted by Crippen LogP contribution is -2.28. The van der Waals surface area contributed by atoms with Gasteiger partial charge in [-0.15, -0.1) is 0 Å². The van der Waals surface area contributed by atoms with Gasteiger partial charge in [0.15, 0.2) is 0 Å². The van der Waals surface area contributed by atoms with Gasteiger partial charge in [0.25, 0.3) is 0 Å². The van der Waals surface area contributed by atoms with Crippen molar-refractivity contribution in [2.24, 2.45) is 11.8 Å². The Labute approximate surface area is 178 Å². The molecule has 0 radical (unpaired) electrons. The molecule has 4 rings (SSSR count). The van der Waals surface area contributed by atoms with Gasteiger partial charge < -0.3 is 4.74 Å². The predicted octanol–water partition coefficient (Wildman–Crippen LogP) is 7.32. The average molecular weight is 409 g/mol. The number of aryl methyl sites for hydroxylation is 1. The Kier molecular flexibility index (Phi) is 6.72. The number of fused-ring (bicyclic) bond motifs is 3. The first-order valence-corrected chi connectivity index (χ1v) is 11.3. The van der Waals surface area contributed by atoms with E-state index in [1.165, 1.54) is 62.6 Å². The van der Waals surface area contributed by atoms with Crippen molar-refractivity contribution in [1.82, 2.24) is 0 Å². The summed E-state index contributed by atoms with van der Waals surface area (Å²) in [5.74, 6) is 9.06. The molecule has 1 nitrogen and oxygen atoms in total. The van der Waals surface area contributed by atoms with Gasteiger partial charge in [-0.2, -0.15) is 8.78 Å². The standard InChI is InChI=1S/C27H30F2O/c1-2-3-4-20-9-15-25-22(17-20)11-12-23-18-21(10-16-26(23)25)6-5-19-7-13-24(14-8-19)30-27(28)29/h7-8,10,13-14,16,18,20,22,25,27H,2-4,9,11-12,15,17H2,1H3. The van der Waals surface area contributed by atoms with Crippen molar-refractivity contribution in [3.05, 3.63) is 64.7 Å². The first kappa shape index (κ1) is 20.9. The van der Waals surface area contributed by atoms with E-state index in [2.05, 4.69) is 41.7 Å². The minimum Gasteiger partial charge on any atom is -0.435 e. The van der Waals surface area contributed by atoms with E-state index in [1.807, 2.05) is 0 Å². The lowest BCUT2D eigenvalue weighted by atomic mass is 9.64. The van der Waals surface area contributed by atoms with E-state index in [0.717, 1.165) is 35.3 Å². The van der Waals surface area contributed by atoms with Crippen molar-refractivity contribution in [1.29, 1.82) is 0 Å². The number of unbranched alkanes of at least 4 members (excludes halogenated alkanes) is 1. The van der Waals surface area contributed by atoms with E-state index < -0.39 is 6.61 Å². The van der Waals surface area contributed by atoms with E-state index >= 15 is 0 Å². The second-order valence-corrected chi connectivity index (χ2v) is 8.79. The smallest absolute Gasteiger partial charge is 0.387 e. The predicted molar refractivity (Wildman–Crippen MR) is 117 cm³/mol. The lowest BCUT2D eigenvalue weighted by molar-refractivity contribution is -0.0498. The normalized spacial score (nSPS) is 22.6. The molecule has 1 saturated carbocycles. The molecule has 2 aromatic carbocycles. The van der Waals surface area contributed by atoms with E-state index in [1.54, 1.807) is 17.7 Å². The Hall–Kier alpha value is -2.34. The number of hydrogen-bond acceptors (Lipinski definition) is 1. The van der Waals surface area contributed by atoms with Crippen LogP contribution in [0.25, 0.3) is 0 Å². The van der Waals surface area contributed by atoms with Gasteiger partial charge in [-0.1, -0.05) is 44.1 Å². The van der Waals surface area contributed by atoms with Crippen molar-refractivity contribution in [3.8, 4) is 17.6 Å². The molecule has 0 saturated heterocycles. The fourth-order valence-electron chi connectivity index (χ4n) is 5.31. The molecule has 0 N–H and O–H groups in total. The zero-order chi connectivity index (χ0) is 20.9. The first-order chi connectivity index (χ1) is 14.6. The maximum absolute atomic E-state index is 12.3. The summed E-state index contributed by atoms with van der Waals surface area (Å²) in [5.41, 5.74) is 4.84. The first-order valence-electron chi connectivity index (χ1n) is 11.3. The van der Waals surface area contributed by atoms with E-state index in [4.69, 9.17) is 0 Å². The summed E-state index contributed by atoms with van der Waals surface area (Å²) >= 11 is 0. The van der Waals surface area contributed by atoms with Crippen LogP contribution in [0.15, 0.2) is 42.5 Å². The number of ether oxygens (including phenoxy) is 1. The zero-order valence-corrected chi connectivity index (χ0v) is 17.7. The molecular formula is C27H30F2O. The lowest BCUT2D eigenvalue weighted by Gasteiger charge is -2.40. The Morgan fingerprint density at radius 3 is 2.53 bits per heavy atom. The summed E-state index contributed by atoms with van der Waals surface area (Å²) in [7, 11) is 0. The van der Waals surface area contributed by atoms with Crippen molar-refractivity contribution >= 4 is 0 Å². The molecule has 0 aromatic heterocycles. The molecule has 2 aliphatic rings. The van der Waals surface area contributed by atoms with Crippen LogP contribution in [0, 0.1) is 23.7 Å². The Morgan fingerprint density at radius 1 is 1.00 bits per heavy atom. The molecule has 0 amide bonds. The molecule has 1 fully saturated rings. The quantitative estimate of drug-likeness (QED) is 0.471. The maximum atomic E-state index is 12.3. The molecule has 3 heteroatoms. The summed E-state index contributed by atoms with van der Waals surface area (Å²) in [6, 6.07) is 13.2. The number of benzene rings is 2. The Balaban J connectivity index is 1.43. The summed E-state index contributed by atoms with van der Waals surface area (Å²) in [6.45, 7) is -0.511. The Morgan fingerprint density at radius 2 is 1.77 bits per heavy atom. The van der Waals surface area contributed by atoms with Gasteiger partial charge in [-0.3, -0.25) is 0 Å². The van der Waals surface area contributed by atoms with Gasteiger partial charge >= 0.3 is 6.61 Å². The van der Waals surface area contributed by atoms with Crippen LogP contribution in [0.5, 0.6) is 5.75 Å².